The van der Waals surface area contributed by atoms with Crippen LogP contribution in [0.3, 0.4) is 0 Å². The van der Waals surface area contributed by atoms with Crippen LogP contribution in [0.1, 0.15) is 0 Å². The molecular formula is C6H7NO4. The van der Waals surface area contributed by atoms with Gasteiger partial charge in [0.2, 0.25) is 6.79 Å². The van der Waals surface area contributed by atoms with Crippen molar-refractivity contribution >= 4 is 6.09 Å². The van der Waals surface area contributed by atoms with E-state index in [1.54, 1.807) is 0 Å². The van der Waals surface area contributed by atoms with Crippen LogP contribution in [0.4, 0.5) is 4.79 Å². The Morgan fingerprint density at radius 2 is 1.91 bits per heavy atom. The number of nitrogens with zero attached hydrogens (tertiary/aromatic N) is 1. The van der Waals surface area contributed by atoms with Crippen LogP contribution in [-0.2, 0) is 9.47 Å². The first kappa shape index (κ1) is 6.33. The monoisotopic (exact) mass is 157 g/mol. The highest BCUT2D eigenvalue weighted by molar-refractivity contribution is 5.66. The van der Waals surface area contributed by atoms with E-state index < -0.39 is 6.09 Å². The van der Waals surface area contributed by atoms with Crippen molar-refractivity contribution in [1.82, 2.24) is 4.90 Å². The highest BCUT2D eigenvalue weighted by Gasteiger charge is 2.31. The molecule has 0 unspecified atom stereocenters. The summed E-state index contributed by atoms with van der Waals surface area (Å²) in [5.41, 5.74) is 0. The summed E-state index contributed by atoms with van der Waals surface area (Å²) in [5, 5.41) is 8.56. The molecule has 0 radical (unpaired) electrons. The highest BCUT2D eigenvalue weighted by Crippen LogP contribution is 2.24. The minimum Gasteiger partial charge on any atom is -0.465 e. The van der Waals surface area contributed by atoms with Crippen LogP contribution >= 0.6 is 0 Å². The molecule has 0 atom stereocenters. The number of hydrogen-bond acceptors (Lipinski definition) is 3. The van der Waals surface area contributed by atoms with Crippen LogP contribution in [0.25, 0.3) is 0 Å². The Morgan fingerprint density at radius 1 is 1.36 bits per heavy atom. The molecule has 60 valence electrons. The van der Waals surface area contributed by atoms with Crippen molar-refractivity contribution < 1.29 is 19.4 Å². The molecule has 1 N–H and O–H groups in total. The summed E-state index contributed by atoms with van der Waals surface area (Å²) in [6.07, 6.45) is -0.938. The average Bonchev–Trinajstić information content (AvgIpc) is 2.40. The minimum atomic E-state index is -0.938. The molecule has 5 nitrogen and oxygen atoms in total. The van der Waals surface area contributed by atoms with Crippen molar-refractivity contribution in [2.24, 2.45) is 0 Å². The van der Waals surface area contributed by atoms with Gasteiger partial charge in [-0.1, -0.05) is 0 Å². The SMILES string of the molecule is O=C(O)N1CC2=C(C1)OCO2. The number of ether oxygens (including phenoxy) is 2. The summed E-state index contributed by atoms with van der Waals surface area (Å²) in [4.78, 5) is 11.7. The van der Waals surface area contributed by atoms with Gasteiger partial charge in [0.1, 0.15) is 0 Å². The zero-order chi connectivity index (χ0) is 7.84. The Morgan fingerprint density at radius 3 is 2.36 bits per heavy atom. The summed E-state index contributed by atoms with van der Waals surface area (Å²) >= 11 is 0. The smallest absolute Gasteiger partial charge is 0.408 e. The molecule has 0 aromatic rings. The molecule has 0 fully saturated rings. The van der Waals surface area contributed by atoms with E-state index in [2.05, 4.69) is 0 Å². The lowest BCUT2D eigenvalue weighted by Gasteiger charge is -2.12. The summed E-state index contributed by atoms with van der Waals surface area (Å²) in [5.74, 6) is 1.32. The predicted octanol–water partition coefficient (Wildman–Crippen LogP) is 0.196. The number of carbonyl (C=O) groups is 1. The number of hydrogen-bond donors (Lipinski definition) is 1. The van der Waals surface area contributed by atoms with Gasteiger partial charge in [0, 0.05) is 0 Å². The van der Waals surface area contributed by atoms with E-state index in [0.717, 1.165) is 0 Å². The Kier molecular flexibility index (Phi) is 1.18. The van der Waals surface area contributed by atoms with Gasteiger partial charge in [-0.2, -0.15) is 0 Å². The maximum absolute atomic E-state index is 10.4. The minimum absolute atomic E-state index is 0.234. The van der Waals surface area contributed by atoms with Gasteiger partial charge >= 0.3 is 6.09 Å². The third-order valence-electron chi connectivity index (χ3n) is 1.72. The molecule has 2 aliphatic heterocycles. The Labute approximate surface area is 62.8 Å². The van der Waals surface area contributed by atoms with Gasteiger partial charge < -0.3 is 14.6 Å². The van der Waals surface area contributed by atoms with Gasteiger partial charge in [-0.15, -0.1) is 0 Å². The van der Waals surface area contributed by atoms with Crippen molar-refractivity contribution in [3.05, 3.63) is 11.5 Å². The van der Waals surface area contributed by atoms with Crippen LogP contribution < -0.4 is 0 Å². The van der Waals surface area contributed by atoms with Crippen LogP contribution in [0.5, 0.6) is 0 Å². The first-order valence-corrected chi connectivity index (χ1v) is 3.23. The van der Waals surface area contributed by atoms with E-state index in [4.69, 9.17) is 14.6 Å². The van der Waals surface area contributed by atoms with Gasteiger partial charge in [0.15, 0.2) is 11.5 Å². The molecule has 0 saturated carbocycles. The van der Waals surface area contributed by atoms with Crippen molar-refractivity contribution in [1.29, 1.82) is 0 Å². The lowest BCUT2D eigenvalue weighted by Crippen LogP contribution is -2.28. The third-order valence-corrected chi connectivity index (χ3v) is 1.72. The van der Waals surface area contributed by atoms with Crippen LogP contribution in [-0.4, -0.2) is 36.0 Å². The molecule has 0 saturated heterocycles. The zero-order valence-corrected chi connectivity index (χ0v) is 5.74. The summed E-state index contributed by atoms with van der Waals surface area (Å²) in [6.45, 7) is 0.882. The van der Waals surface area contributed by atoms with E-state index in [9.17, 15) is 4.79 Å². The van der Waals surface area contributed by atoms with Gasteiger partial charge in [-0.05, 0) is 0 Å². The second kappa shape index (κ2) is 2.05. The molecule has 0 aromatic carbocycles. The summed E-state index contributed by atoms with van der Waals surface area (Å²) in [6, 6.07) is 0. The van der Waals surface area contributed by atoms with E-state index >= 15 is 0 Å². The first-order chi connectivity index (χ1) is 5.27. The second-order valence-corrected chi connectivity index (χ2v) is 2.39. The van der Waals surface area contributed by atoms with Gasteiger partial charge in [0.05, 0.1) is 13.1 Å². The maximum atomic E-state index is 10.4. The Bertz CT molecular complexity index is 219. The Balaban J connectivity index is 2.06. The Hall–Kier alpha value is -1.39. The normalized spacial score (nSPS) is 21.3. The summed E-state index contributed by atoms with van der Waals surface area (Å²) < 4.78 is 10.0. The highest BCUT2D eigenvalue weighted by atomic mass is 16.7. The quantitative estimate of drug-likeness (QED) is 0.545. The lowest BCUT2D eigenvalue weighted by molar-refractivity contribution is 0.0478. The molecule has 0 spiro atoms. The largest absolute Gasteiger partial charge is 0.465 e. The average molecular weight is 157 g/mol. The molecule has 2 rings (SSSR count). The topological polar surface area (TPSA) is 59.0 Å². The van der Waals surface area contributed by atoms with E-state index in [1.807, 2.05) is 0 Å². The lowest BCUT2D eigenvalue weighted by atomic mass is 10.5. The van der Waals surface area contributed by atoms with Crippen molar-refractivity contribution in [3.8, 4) is 0 Å². The first-order valence-electron chi connectivity index (χ1n) is 3.23. The van der Waals surface area contributed by atoms with Gasteiger partial charge in [0.25, 0.3) is 0 Å². The fraction of sp³-hybridized carbons (Fsp3) is 0.500. The molecule has 0 aromatic heterocycles. The molecule has 1 amide bonds. The second-order valence-electron chi connectivity index (χ2n) is 2.39. The van der Waals surface area contributed by atoms with Crippen molar-refractivity contribution in [3.63, 3.8) is 0 Å². The predicted molar refractivity (Wildman–Crippen MR) is 33.7 cm³/mol. The zero-order valence-electron chi connectivity index (χ0n) is 5.74. The van der Waals surface area contributed by atoms with Crippen molar-refractivity contribution in [2.45, 2.75) is 0 Å². The molecule has 0 bridgehead atoms. The molecule has 11 heavy (non-hydrogen) atoms. The number of amides is 1. The van der Waals surface area contributed by atoms with Crippen LogP contribution in [0.2, 0.25) is 0 Å². The van der Waals surface area contributed by atoms with E-state index in [-0.39, 0.29) is 6.79 Å². The van der Waals surface area contributed by atoms with Crippen LogP contribution in [0, 0.1) is 0 Å². The third kappa shape index (κ3) is 0.886. The number of carboxylic acid groups (broad SMARTS) is 1. The van der Waals surface area contributed by atoms with Crippen molar-refractivity contribution in [2.75, 3.05) is 19.9 Å². The number of rotatable bonds is 0. The maximum Gasteiger partial charge on any atom is 0.408 e. The molecule has 0 aliphatic carbocycles. The van der Waals surface area contributed by atoms with Gasteiger partial charge in [-0.25, -0.2) is 4.79 Å². The van der Waals surface area contributed by atoms with Gasteiger partial charge in [-0.3, -0.25) is 4.90 Å². The summed E-state index contributed by atoms with van der Waals surface area (Å²) in [7, 11) is 0. The standard InChI is InChI=1S/C6H7NO4/c8-6(9)7-1-4-5(2-7)11-3-10-4/h1-3H2,(H,8,9). The molecular weight excluding hydrogens is 150 g/mol. The van der Waals surface area contributed by atoms with E-state index in [0.29, 0.717) is 24.6 Å². The molecule has 2 aliphatic rings. The van der Waals surface area contributed by atoms with Crippen LogP contribution in [0.15, 0.2) is 11.5 Å². The fourth-order valence-electron chi connectivity index (χ4n) is 1.14. The fourth-order valence-corrected chi connectivity index (χ4v) is 1.14. The molecule has 2 heterocycles. The molecule has 5 heteroatoms. The van der Waals surface area contributed by atoms with E-state index in [1.165, 1.54) is 4.90 Å².